The summed E-state index contributed by atoms with van der Waals surface area (Å²) in [6.07, 6.45) is 0. The first kappa shape index (κ1) is 16.3. The molecule has 0 N–H and O–H groups in total. The summed E-state index contributed by atoms with van der Waals surface area (Å²) in [5.41, 5.74) is 0. The van der Waals surface area contributed by atoms with E-state index in [1.54, 1.807) is 0 Å². The van der Waals surface area contributed by atoms with Crippen molar-refractivity contribution in [3.8, 4) is 0 Å². The molecule has 2 rings (SSSR count). The highest BCUT2D eigenvalue weighted by molar-refractivity contribution is 5.04. The summed E-state index contributed by atoms with van der Waals surface area (Å²) in [6, 6.07) is 17.1. The molecule has 0 aliphatic rings. The molecule has 0 amide bonds. The third kappa shape index (κ3) is 8.87. The predicted molar refractivity (Wildman–Crippen MR) is 50.2 cm³/mol. The van der Waals surface area contributed by atoms with Crippen LogP contribution in [-0.4, -0.2) is 0 Å². The Morgan fingerprint density at radius 2 is 1.16 bits per heavy atom. The fourth-order valence-corrected chi connectivity index (χ4v) is 3.31. The van der Waals surface area contributed by atoms with Crippen molar-refractivity contribution in [1.82, 2.24) is 0 Å². The van der Waals surface area contributed by atoms with E-state index in [9.17, 15) is 4.39 Å². The second kappa shape index (κ2) is 7.73. The van der Waals surface area contributed by atoms with Gasteiger partial charge in [-0.05, 0) is 36.4 Å². The van der Waals surface area contributed by atoms with Crippen LogP contribution >= 0.6 is 0 Å². The molecule has 0 atom stereocenters. The molecule has 2 aromatic carbocycles. The summed E-state index contributed by atoms with van der Waals surface area (Å²) in [7, 11) is -4.94. The van der Waals surface area contributed by atoms with Crippen LogP contribution in [0.3, 0.4) is 0 Å². The minimum absolute atomic E-state index is 0.151. The molecule has 0 spiro atoms. The number of halogens is 3. The summed E-state index contributed by atoms with van der Waals surface area (Å²) in [4.78, 5) is 0. The van der Waals surface area contributed by atoms with Crippen LogP contribution in [0.4, 0.5) is 4.39 Å². The van der Waals surface area contributed by atoms with Crippen molar-refractivity contribution in [2.45, 2.75) is 0 Å². The second-order valence-corrected chi connectivity index (χ2v) is 6.99. The molecule has 102 valence electrons. The molecule has 4 nitrogen and oxygen atoms in total. The Morgan fingerprint density at radius 1 is 0.737 bits per heavy atom. The first-order valence-electron chi connectivity index (χ1n) is 4.92. The summed E-state index contributed by atoms with van der Waals surface area (Å²) in [6.45, 7) is 0. The fourth-order valence-electron chi connectivity index (χ4n) is 1.10. The smallest absolute Gasteiger partial charge is 0.222 e. The van der Waals surface area contributed by atoms with E-state index in [-0.39, 0.29) is 27.0 Å². The number of hydrogen-bond donors (Lipinski definition) is 0. The molecule has 0 fully saturated rings. The zero-order chi connectivity index (χ0) is 14.3. The van der Waals surface area contributed by atoms with Crippen molar-refractivity contribution < 1.29 is 54.5 Å². The molecule has 0 aromatic heterocycles. The molecule has 0 bridgehead atoms. The standard InChI is InChI=1S/C12H9FI.ClHO4/c13-10-6-8-12(9-7-10)14-11-4-2-1-3-5-11;2-1(3,4)5/h1-9H;(H,2,3,4,5)/q+1;/p-1. The van der Waals surface area contributed by atoms with Crippen molar-refractivity contribution in [3.63, 3.8) is 0 Å². The van der Waals surface area contributed by atoms with Crippen molar-refractivity contribution >= 4 is 0 Å². The largest absolute Gasteiger partial charge is 0.357 e. The van der Waals surface area contributed by atoms with Gasteiger partial charge in [-0.3, -0.25) is 0 Å². The van der Waals surface area contributed by atoms with E-state index in [0.29, 0.717) is 0 Å². The molecular weight excluding hydrogens is 389 g/mol. The van der Waals surface area contributed by atoms with E-state index >= 15 is 0 Å². The number of hydrogen-bond acceptors (Lipinski definition) is 4. The zero-order valence-corrected chi connectivity index (χ0v) is 12.4. The third-order valence-corrected chi connectivity index (χ3v) is 4.44. The van der Waals surface area contributed by atoms with Crippen LogP contribution in [0.15, 0.2) is 54.6 Å². The summed E-state index contributed by atoms with van der Waals surface area (Å²) in [5, 5.41) is 0. The highest BCUT2D eigenvalue weighted by Crippen LogP contribution is 1.93. The lowest BCUT2D eigenvalue weighted by Gasteiger charge is -2.17. The fraction of sp³-hybridized carbons (Fsp3) is 0. The van der Waals surface area contributed by atoms with Gasteiger partial charge in [-0.25, -0.2) is 23.0 Å². The topological polar surface area (TPSA) is 92.2 Å². The lowest BCUT2D eigenvalue weighted by Crippen LogP contribution is -3.61. The Kier molecular flexibility index (Phi) is 6.63. The normalized spacial score (nSPS) is 10.6. The lowest BCUT2D eigenvalue weighted by molar-refractivity contribution is -2.00. The molecule has 0 saturated carbocycles. The van der Waals surface area contributed by atoms with Crippen LogP contribution in [0.5, 0.6) is 0 Å². The van der Waals surface area contributed by atoms with Crippen molar-refractivity contribution in [3.05, 3.63) is 67.6 Å². The van der Waals surface area contributed by atoms with E-state index in [1.807, 2.05) is 30.3 Å². The SMILES string of the molecule is Fc1ccc([I+]c2ccccc2)cc1.[O-][Cl+3]([O-])([O-])[O-]. The number of rotatable bonds is 2. The van der Waals surface area contributed by atoms with Crippen LogP contribution in [0, 0.1) is 23.2 Å². The molecule has 19 heavy (non-hydrogen) atoms. The third-order valence-electron chi connectivity index (χ3n) is 1.75. The van der Waals surface area contributed by atoms with Crippen molar-refractivity contribution in [2.24, 2.45) is 0 Å². The van der Waals surface area contributed by atoms with Gasteiger partial charge in [0.25, 0.3) is 0 Å². The Labute approximate surface area is 122 Å². The summed E-state index contributed by atoms with van der Waals surface area (Å²) in [5.74, 6) is -0.161. The Hall–Kier alpha value is -0.770. The predicted octanol–water partition coefficient (Wildman–Crippen LogP) is -4.80. The highest BCUT2D eigenvalue weighted by Gasteiger charge is 2.13. The molecule has 2 aromatic rings. The van der Waals surface area contributed by atoms with E-state index in [0.717, 1.165) is 0 Å². The van der Waals surface area contributed by atoms with E-state index in [1.165, 1.54) is 19.3 Å². The maximum absolute atomic E-state index is 12.6. The second-order valence-electron chi connectivity index (χ2n) is 3.20. The summed E-state index contributed by atoms with van der Waals surface area (Å²) >= 11 is -0.151. The van der Waals surface area contributed by atoms with Crippen LogP contribution in [0.1, 0.15) is 0 Å². The summed E-state index contributed by atoms with van der Waals surface area (Å²) < 4.78 is 49.2. The van der Waals surface area contributed by atoms with Gasteiger partial charge in [-0.1, -0.05) is 18.2 Å². The van der Waals surface area contributed by atoms with Gasteiger partial charge in [0.2, 0.25) is 0 Å². The minimum atomic E-state index is -4.94. The maximum Gasteiger partial charge on any atom is 0.357 e. The molecule has 0 heterocycles. The monoisotopic (exact) mass is 398 g/mol. The van der Waals surface area contributed by atoms with E-state index < -0.39 is 10.2 Å². The van der Waals surface area contributed by atoms with Crippen molar-refractivity contribution in [1.29, 1.82) is 0 Å². The van der Waals surface area contributed by atoms with Gasteiger partial charge in [0.15, 0.2) is 7.14 Å². The van der Waals surface area contributed by atoms with Gasteiger partial charge in [0.05, 0.1) is 0 Å². The maximum atomic E-state index is 12.6. The van der Waals surface area contributed by atoms with Gasteiger partial charge >= 0.3 is 21.2 Å². The van der Waals surface area contributed by atoms with Gasteiger partial charge < -0.3 is 0 Å². The Morgan fingerprint density at radius 3 is 1.63 bits per heavy atom. The molecule has 0 radical (unpaired) electrons. The van der Waals surface area contributed by atoms with Gasteiger partial charge in [0, 0.05) is 0 Å². The minimum Gasteiger partial charge on any atom is -0.222 e. The van der Waals surface area contributed by atoms with E-state index in [4.69, 9.17) is 18.6 Å². The Bertz CT molecular complexity index is 481. The van der Waals surface area contributed by atoms with Crippen molar-refractivity contribution in [2.75, 3.05) is 0 Å². The molecule has 0 unspecified atom stereocenters. The van der Waals surface area contributed by atoms with Crippen LogP contribution in [0.25, 0.3) is 0 Å². The van der Waals surface area contributed by atoms with Crippen LogP contribution in [0.2, 0.25) is 0 Å². The van der Waals surface area contributed by atoms with Gasteiger partial charge in [-0.15, -0.1) is 10.2 Å². The van der Waals surface area contributed by atoms with Crippen LogP contribution in [-0.2, 0) is 0 Å². The van der Waals surface area contributed by atoms with Crippen LogP contribution < -0.4 is 39.8 Å². The van der Waals surface area contributed by atoms with Gasteiger partial charge in [0.1, 0.15) is 5.82 Å². The van der Waals surface area contributed by atoms with E-state index in [2.05, 4.69) is 12.1 Å². The first-order chi connectivity index (χ1) is 8.84. The lowest BCUT2D eigenvalue weighted by atomic mass is 10.4. The Balaban J connectivity index is 0.000000312. The molecular formula is C12H9ClFIO4. The zero-order valence-electron chi connectivity index (χ0n) is 9.46. The molecule has 0 aliphatic carbocycles. The van der Waals surface area contributed by atoms with Gasteiger partial charge in [-0.2, -0.15) is 0 Å². The number of benzene rings is 2. The molecule has 7 heteroatoms. The highest BCUT2D eigenvalue weighted by atomic mass is 127. The quantitative estimate of drug-likeness (QED) is 0.475. The molecule has 0 aliphatic heterocycles. The first-order valence-corrected chi connectivity index (χ1v) is 8.31. The average molecular weight is 399 g/mol. The molecule has 0 saturated heterocycles. The average Bonchev–Trinajstić information content (AvgIpc) is 2.31.